The van der Waals surface area contributed by atoms with Gasteiger partial charge < -0.3 is 0 Å². The van der Waals surface area contributed by atoms with E-state index < -0.39 is 21.7 Å². The molecule has 20 rings (SSSR count). The van der Waals surface area contributed by atoms with Crippen LogP contribution in [0.3, 0.4) is 0 Å². The van der Waals surface area contributed by atoms with E-state index in [1.165, 1.54) is 407 Å². The number of carbonyl (C=O) groups is 2. The van der Waals surface area contributed by atoms with Crippen LogP contribution in [0.25, 0.3) is 60.6 Å². The SMILES string of the molecule is CCCCCCc1ccc(C2(c3ccc(CCCCCC)cc3)c3cc4c(cc3-c3sc(Br)cc32)C(c2ccc(CCCCCC)cc2)(c2ccc(CCCCCC)cc2)c2c-4sc3cc(Br)sc23)cc1.CCCCCCc1ccc(C2(c3ccc(CCCCCC)cc3)c3cc4c(cc3-c3sc(C=O)cc32)C(c2ccc(CCCCCC)cc2)(c2ccc(CCCCCC)cc2)c2c-4sc3cc(C=O)sc23)cc1. The Bertz CT molecular complexity index is 6800. The van der Waals surface area contributed by atoms with E-state index in [0.29, 0.717) is 0 Å². The molecular weight excluding hydrogens is 1990 g/mol. The van der Waals surface area contributed by atoms with Crippen molar-refractivity contribution in [3.05, 3.63) is 394 Å². The summed E-state index contributed by atoms with van der Waals surface area (Å²) in [7, 11) is 0. The first-order valence-electron chi connectivity index (χ1n) is 55.6. The minimum atomic E-state index is -0.653. The number of halogens is 2. The molecule has 4 aliphatic rings. The van der Waals surface area contributed by atoms with Gasteiger partial charge in [0.15, 0.2) is 12.6 Å². The average Bonchev–Trinajstić information content (AvgIpc) is 1.50. The molecule has 144 heavy (non-hydrogen) atoms. The van der Waals surface area contributed by atoms with Crippen molar-refractivity contribution < 1.29 is 9.59 Å². The Hall–Kier alpha value is -8.78. The van der Waals surface area contributed by atoms with Crippen LogP contribution in [0.4, 0.5) is 0 Å². The van der Waals surface area contributed by atoms with Crippen molar-refractivity contribution in [2.75, 3.05) is 0 Å². The van der Waals surface area contributed by atoms with Crippen LogP contribution in [0, 0.1) is 0 Å². The first-order chi connectivity index (χ1) is 70.8. The first kappa shape index (κ1) is 104. The van der Waals surface area contributed by atoms with Crippen LogP contribution < -0.4 is 0 Å². The third-order valence-corrected chi connectivity index (χ3v) is 40.6. The standard InChI is InChI=1S/C68H74O2S3.C66H72Br2S3/c1-5-9-13-17-21-47-25-33-51(34-26-47)67(52-35-27-48(28-36-52)22-18-14-10-6-2)59-44-58-60(43-57(59)64-61(67)41-55(45-69)71-64)68(53-37-29-49(30-38-53)23-19-15-11-7-3,54-39-31-50(32-40-54)24-20-16-12-8-4)63-65(58)73-62-42-56(46-70)72-66(62)63;1-5-9-13-17-21-45-25-33-49(34-26-45)65(50-35-27-46(28-36-50)22-18-14-10-6-2)55-42-54-56(41-53(55)62-57(65)43-59(67)70-62)66(61-63(54)69-58-44-60(68)71-64(58)61,51-37-29-47(30-38-51)23-19-15-11-7-3)52-39-31-48(32-40-52)24-20-16-12-8-4/h25-46H,5-24H2,1-4H3;25-44H,5-24H2,1-4H3. The molecule has 10 heteroatoms. The van der Waals surface area contributed by atoms with E-state index >= 15 is 0 Å². The van der Waals surface area contributed by atoms with E-state index in [-0.39, 0.29) is 0 Å². The van der Waals surface area contributed by atoms with Crippen LogP contribution in [0.15, 0.2) is 250 Å². The Labute approximate surface area is 901 Å². The summed E-state index contributed by atoms with van der Waals surface area (Å²) in [5.74, 6) is 0. The van der Waals surface area contributed by atoms with Gasteiger partial charge in [-0.1, -0.05) is 404 Å². The predicted molar refractivity (Wildman–Crippen MR) is 633 cm³/mol. The van der Waals surface area contributed by atoms with Crippen molar-refractivity contribution in [1.29, 1.82) is 0 Å². The number of hydrogen-bond acceptors (Lipinski definition) is 8. The number of thiophene rings is 6. The second kappa shape index (κ2) is 47.8. The van der Waals surface area contributed by atoms with Gasteiger partial charge >= 0.3 is 0 Å². The number of hydrogen-bond donors (Lipinski definition) is 0. The monoisotopic (exact) mass is 2140 g/mol. The van der Waals surface area contributed by atoms with Crippen LogP contribution in [-0.4, -0.2) is 12.6 Å². The Morgan fingerprint density at radius 2 is 0.431 bits per heavy atom. The van der Waals surface area contributed by atoms with Crippen molar-refractivity contribution in [1.82, 2.24) is 0 Å². The largest absolute Gasteiger partial charge is 0.297 e. The fourth-order valence-electron chi connectivity index (χ4n) is 25.0. The van der Waals surface area contributed by atoms with E-state index in [1.807, 2.05) is 45.3 Å². The molecule has 0 saturated heterocycles. The Kier molecular flexibility index (Phi) is 34.4. The van der Waals surface area contributed by atoms with Gasteiger partial charge in [0, 0.05) is 40.0 Å². The van der Waals surface area contributed by atoms with Crippen molar-refractivity contribution in [2.24, 2.45) is 0 Å². The quantitative estimate of drug-likeness (QED) is 0.0281. The topological polar surface area (TPSA) is 34.1 Å². The lowest BCUT2D eigenvalue weighted by molar-refractivity contribution is 0.111. The molecule has 0 unspecified atom stereocenters. The first-order valence-corrected chi connectivity index (χ1v) is 62.0. The highest BCUT2D eigenvalue weighted by molar-refractivity contribution is 9.11. The van der Waals surface area contributed by atoms with Crippen LogP contribution in [0.5, 0.6) is 0 Å². The van der Waals surface area contributed by atoms with Gasteiger partial charge in [0.2, 0.25) is 0 Å². The molecule has 744 valence electrons. The second-order valence-electron chi connectivity index (χ2n) is 42.1. The third kappa shape index (κ3) is 20.2. The fraction of sp³-hybridized carbons (Fsp3) is 0.388. The lowest BCUT2D eigenvalue weighted by Crippen LogP contribution is -2.30. The molecule has 0 radical (unpaired) electrons. The van der Waals surface area contributed by atoms with Crippen LogP contribution in [0.1, 0.15) is 414 Å². The van der Waals surface area contributed by atoms with Gasteiger partial charge in [0.1, 0.15) is 0 Å². The van der Waals surface area contributed by atoms with Crippen molar-refractivity contribution >= 4 is 131 Å². The number of benzene rings is 10. The molecule has 0 bridgehead atoms. The van der Waals surface area contributed by atoms with E-state index in [2.05, 4.69) is 330 Å². The molecule has 0 atom stereocenters. The molecule has 16 aromatic rings. The van der Waals surface area contributed by atoms with Crippen LogP contribution >= 0.6 is 99.9 Å². The highest BCUT2D eigenvalue weighted by Crippen LogP contribution is 2.70. The second-order valence-corrected chi connectivity index (χ2v) is 51.2. The molecule has 0 aliphatic heterocycles. The summed E-state index contributed by atoms with van der Waals surface area (Å²) >= 11 is 19.1. The normalized spacial score (nSPS) is 13.9. The molecule has 6 aromatic heterocycles. The molecule has 0 amide bonds. The smallest absolute Gasteiger partial charge is 0.160 e. The van der Waals surface area contributed by atoms with E-state index in [1.54, 1.807) is 22.7 Å². The average molecular weight is 2140 g/mol. The molecule has 0 spiro atoms. The zero-order valence-corrected chi connectivity index (χ0v) is 94.6. The van der Waals surface area contributed by atoms with Crippen LogP contribution in [0.2, 0.25) is 0 Å². The van der Waals surface area contributed by atoms with Gasteiger partial charge in [-0.15, -0.1) is 68.0 Å². The predicted octanol–water partition coefficient (Wildman–Crippen LogP) is 41.6. The maximum Gasteiger partial charge on any atom is 0.160 e. The molecule has 4 aliphatic carbocycles. The minimum Gasteiger partial charge on any atom is -0.297 e. The lowest BCUT2D eigenvalue weighted by atomic mass is 9.65. The summed E-state index contributed by atoms with van der Waals surface area (Å²) < 4.78 is 7.57. The van der Waals surface area contributed by atoms with E-state index in [4.69, 9.17) is 0 Å². The molecular formula is C134H146Br2O2S6. The molecule has 0 N–H and O–H groups in total. The van der Waals surface area contributed by atoms with Gasteiger partial charge in [-0.3, -0.25) is 9.59 Å². The summed E-state index contributed by atoms with van der Waals surface area (Å²) in [5.41, 5.74) is 35.6. The Balaban J connectivity index is 0.000000182. The number of carbonyl (C=O) groups excluding carboxylic acids is 2. The van der Waals surface area contributed by atoms with Crippen molar-refractivity contribution in [3.8, 4) is 41.8 Å². The molecule has 0 fully saturated rings. The summed E-state index contributed by atoms with van der Waals surface area (Å²) in [4.78, 5) is 32.5. The highest BCUT2D eigenvalue weighted by Gasteiger charge is 2.57. The van der Waals surface area contributed by atoms with Gasteiger partial charge in [-0.05, 0) is 328 Å². The summed E-state index contributed by atoms with van der Waals surface area (Å²) in [6.45, 7) is 18.4. The summed E-state index contributed by atoms with van der Waals surface area (Å²) in [6.07, 6.45) is 51.2. The Morgan fingerprint density at radius 3 is 0.701 bits per heavy atom. The number of fused-ring (bicyclic) bond motifs is 16. The molecule has 6 heterocycles. The highest BCUT2D eigenvalue weighted by atomic mass is 79.9. The maximum atomic E-state index is 13.1. The maximum absolute atomic E-state index is 13.1. The summed E-state index contributed by atoms with van der Waals surface area (Å²) in [6, 6.07) is 97.8. The molecule has 0 saturated carbocycles. The van der Waals surface area contributed by atoms with E-state index in [0.717, 1.165) is 73.7 Å². The van der Waals surface area contributed by atoms with Gasteiger partial charge in [0.25, 0.3) is 0 Å². The molecule has 2 nitrogen and oxygen atoms in total. The van der Waals surface area contributed by atoms with Crippen molar-refractivity contribution in [2.45, 2.75) is 334 Å². The summed E-state index contributed by atoms with van der Waals surface area (Å²) in [5, 5.41) is 0. The van der Waals surface area contributed by atoms with Crippen LogP contribution in [-0.2, 0) is 73.0 Å². The van der Waals surface area contributed by atoms with E-state index in [9.17, 15) is 9.59 Å². The lowest BCUT2D eigenvalue weighted by Gasteiger charge is -2.35. The zero-order valence-electron chi connectivity index (χ0n) is 86.6. The minimum absolute atomic E-state index is 0.481. The van der Waals surface area contributed by atoms with Gasteiger partial charge in [-0.25, -0.2) is 0 Å². The zero-order chi connectivity index (χ0) is 99.3. The van der Waals surface area contributed by atoms with Crippen molar-refractivity contribution in [3.63, 3.8) is 0 Å². The Morgan fingerprint density at radius 1 is 0.208 bits per heavy atom. The molecule has 10 aromatic carbocycles. The fourth-order valence-corrected chi connectivity index (χ4v) is 33.7. The van der Waals surface area contributed by atoms with Gasteiger partial charge in [0.05, 0.1) is 48.4 Å². The number of rotatable bonds is 50. The van der Waals surface area contributed by atoms with Gasteiger partial charge in [-0.2, -0.15) is 0 Å². The number of unbranched alkanes of at least 4 members (excludes halogenated alkanes) is 24. The number of aryl methyl sites for hydroxylation is 8. The third-order valence-electron chi connectivity index (χ3n) is 32.5. The number of aldehydes is 2.